The van der Waals surface area contributed by atoms with Crippen molar-refractivity contribution in [1.29, 1.82) is 0 Å². The number of nitrogens with one attached hydrogen (secondary N) is 1. The fourth-order valence-corrected chi connectivity index (χ4v) is 3.88. The van der Waals surface area contributed by atoms with Crippen molar-refractivity contribution in [2.75, 3.05) is 11.0 Å². The molecule has 0 bridgehead atoms. The van der Waals surface area contributed by atoms with Crippen LogP contribution in [0.2, 0.25) is 0 Å². The number of halogens is 2. The average Bonchev–Trinajstić information content (AvgIpc) is 2.61. The van der Waals surface area contributed by atoms with Crippen LogP contribution in [0.25, 0.3) is 11.1 Å². The molecule has 0 aliphatic heterocycles. The number of hydrogen-bond donors (Lipinski definition) is 1. The second kappa shape index (κ2) is 8.13. The summed E-state index contributed by atoms with van der Waals surface area (Å²) in [6, 6.07) is 7.06. The molecule has 152 valence electrons. The number of nitrogens with zero attached hydrogens (tertiary/aromatic N) is 1. The summed E-state index contributed by atoms with van der Waals surface area (Å²) in [6.07, 6.45) is 3.17. The third-order valence-electron chi connectivity index (χ3n) is 4.87. The van der Waals surface area contributed by atoms with Crippen LogP contribution in [0.1, 0.15) is 31.2 Å². The highest BCUT2D eigenvalue weighted by Gasteiger charge is 2.36. The number of benzene rings is 1. The van der Waals surface area contributed by atoms with Crippen molar-refractivity contribution in [1.82, 2.24) is 4.57 Å². The number of aromatic nitrogens is 1. The molecule has 1 aliphatic carbocycles. The molecule has 2 aromatic rings. The topological polar surface area (TPSA) is 66.3 Å². The third-order valence-corrected chi connectivity index (χ3v) is 5.40. The van der Waals surface area contributed by atoms with Crippen molar-refractivity contribution in [3.05, 3.63) is 46.4 Å². The Morgan fingerprint density at radius 1 is 1.29 bits per heavy atom. The SMILES string of the molecule is Cc1cc(-c2cc(N[S+](C)[O-])ccc2OC2CCC(F)(F)CC2)cn(C)c1=O. The molecule has 0 saturated heterocycles. The highest BCUT2D eigenvalue weighted by Crippen LogP contribution is 2.38. The van der Waals surface area contributed by atoms with Crippen LogP contribution in [0, 0.1) is 6.92 Å². The summed E-state index contributed by atoms with van der Waals surface area (Å²) in [4.78, 5) is 12.0. The molecule has 3 rings (SSSR count). The molecule has 1 saturated carbocycles. The van der Waals surface area contributed by atoms with E-state index < -0.39 is 17.3 Å². The number of anilines is 1. The van der Waals surface area contributed by atoms with E-state index in [1.54, 1.807) is 44.4 Å². The Bertz CT molecular complexity index is 879. The van der Waals surface area contributed by atoms with Gasteiger partial charge in [0.25, 0.3) is 5.56 Å². The average molecular weight is 410 g/mol. The summed E-state index contributed by atoms with van der Waals surface area (Å²) in [5, 5.41) is 0. The first-order valence-corrected chi connectivity index (χ1v) is 10.7. The van der Waals surface area contributed by atoms with Crippen molar-refractivity contribution in [2.45, 2.75) is 44.6 Å². The number of alkyl halides is 2. The lowest BCUT2D eigenvalue weighted by atomic mass is 9.94. The van der Waals surface area contributed by atoms with Gasteiger partial charge in [-0.05, 0) is 44.0 Å². The van der Waals surface area contributed by atoms with Crippen molar-refractivity contribution in [3.8, 4) is 16.9 Å². The molecule has 1 aliphatic rings. The Kier molecular flexibility index (Phi) is 6.00. The Morgan fingerprint density at radius 3 is 2.57 bits per heavy atom. The highest BCUT2D eigenvalue weighted by atomic mass is 32.2. The minimum atomic E-state index is -2.61. The van der Waals surface area contributed by atoms with E-state index in [4.69, 9.17) is 4.74 Å². The predicted molar refractivity (Wildman–Crippen MR) is 107 cm³/mol. The van der Waals surface area contributed by atoms with Gasteiger partial charge in [0, 0.05) is 42.8 Å². The maximum atomic E-state index is 13.4. The summed E-state index contributed by atoms with van der Waals surface area (Å²) in [6.45, 7) is 1.73. The molecule has 5 nitrogen and oxygen atoms in total. The first kappa shape index (κ1) is 20.7. The fourth-order valence-electron chi connectivity index (χ4n) is 3.42. The molecule has 28 heavy (non-hydrogen) atoms. The van der Waals surface area contributed by atoms with E-state index in [1.165, 1.54) is 10.8 Å². The normalized spacial score (nSPS) is 17.9. The summed E-state index contributed by atoms with van der Waals surface area (Å²) in [5.74, 6) is -2.06. The van der Waals surface area contributed by atoms with Gasteiger partial charge in [0.1, 0.15) is 12.0 Å². The molecule has 1 unspecified atom stereocenters. The number of hydrogen-bond acceptors (Lipinski definition) is 4. The van der Waals surface area contributed by atoms with E-state index in [-0.39, 0.29) is 37.3 Å². The molecule has 8 heteroatoms. The molecule has 0 spiro atoms. The maximum absolute atomic E-state index is 13.4. The molecule has 1 aromatic heterocycles. The molecule has 0 radical (unpaired) electrons. The quantitative estimate of drug-likeness (QED) is 0.756. The zero-order valence-electron chi connectivity index (χ0n) is 16.1. The minimum Gasteiger partial charge on any atom is -0.593 e. The van der Waals surface area contributed by atoms with E-state index in [9.17, 15) is 18.1 Å². The molecule has 1 fully saturated rings. The van der Waals surface area contributed by atoms with Gasteiger partial charge >= 0.3 is 0 Å². The largest absolute Gasteiger partial charge is 0.593 e. The summed E-state index contributed by atoms with van der Waals surface area (Å²) in [7, 11) is 1.67. The van der Waals surface area contributed by atoms with Crippen molar-refractivity contribution in [2.24, 2.45) is 7.05 Å². The van der Waals surface area contributed by atoms with Crippen LogP contribution in [0.3, 0.4) is 0 Å². The van der Waals surface area contributed by atoms with Crippen LogP contribution in [0.5, 0.6) is 5.75 Å². The van der Waals surface area contributed by atoms with Gasteiger partial charge in [-0.1, -0.05) is 0 Å². The summed E-state index contributed by atoms with van der Waals surface area (Å²) in [5.41, 5.74) is 2.61. The van der Waals surface area contributed by atoms with E-state index >= 15 is 0 Å². The second-order valence-corrected chi connectivity index (χ2v) is 8.38. The van der Waals surface area contributed by atoms with E-state index in [1.807, 2.05) is 0 Å². The number of aryl methyl sites for hydroxylation is 2. The Labute approximate surface area is 166 Å². The minimum absolute atomic E-state index is 0.0929. The zero-order valence-corrected chi connectivity index (χ0v) is 16.9. The number of pyridine rings is 1. The lowest BCUT2D eigenvalue weighted by molar-refractivity contribution is -0.0581. The van der Waals surface area contributed by atoms with E-state index in [0.717, 1.165) is 5.56 Å². The van der Waals surface area contributed by atoms with Crippen LogP contribution in [-0.2, 0) is 18.4 Å². The van der Waals surface area contributed by atoms with Gasteiger partial charge in [-0.2, -0.15) is 0 Å². The van der Waals surface area contributed by atoms with Crippen LogP contribution >= 0.6 is 0 Å². The molecule has 1 atom stereocenters. The molecular formula is C20H24F2N2O3S. The van der Waals surface area contributed by atoms with Crippen LogP contribution in [-0.4, -0.2) is 27.4 Å². The maximum Gasteiger partial charge on any atom is 0.253 e. The first-order chi connectivity index (χ1) is 13.1. The van der Waals surface area contributed by atoms with Gasteiger partial charge in [-0.25, -0.2) is 13.5 Å². The Hall–Kier alpha value is -2.06. The van der Waals surface area contributed by atoms with Gasteiger partial charge < -0.3 is 13.9 Å². The monoisotopic (exact) mass is 410 g/mol. The lowest BCUT2D eigenvalue weighted by Gasteiger charge is -2.29. The first-order valence-electron chi connectivity index (χ1n) is 9.11. The van der Waals surface area contributed by atoms with Gasteiger partial charge in [0.15, 0.2) is 0 Å². The standard InChI is InChI=1S/C20H24F2N2O3S/c1-13-10-14(12-24(2)19(13)25)17-11-15(23-28(3)26)4-5-18(17)27-16-6-8-20(21,22)9-7-16/h4-5,10-12,16,23H,6-9H2,1-3H3. The van der Waals surface area contributed by atoms with E-state index in [0.29, 0.717) is 22.6 Å². The Balaban J connectivity index is 1.96. The van der Waals surface area contributed by atoms with Gasteiger partial charge in [0.2, 0.25) is 5.92 Å². The van der Waals surface area contributed by atoms with Gasteiger partial charge in [0.05, 0.1) is 23.2 Å². The van der Waals surface area contributed by atoms with Crippen LogP contribution in [0.4, 0.5) is 14.5 Å². The number of ether oxygens (including phenoxy) is 1. The van der Waals surface area contributed by atoms with Crippen molar-refractivity contribution < 1.29 is 18.1 Å². The highest BCUT2D eigenvalue weighted by molar-refractivity contribution is 7.92. The lowest BCUT2D eigenvalue weighted by Crippen LogP contribution is -2.30. The molecule has 1 N–H and O–H groups in total. The summed E-state index contributed by atoms with van der Waals surface area (Å²) >= 11 is -1.24. The second-order valence-electron chi connectivity index (χ2n) is 7.27. The molecule has 0 amide bonds. The molecule has 1 aromatic carbocycles. The Morgan fingerprint density at radius 2 is 1.96 bits per heavy atom. The zero-order chi connectivity index (χ0) is 20.5. The smallest absolute Gasteiger partial charge is 0.253 e. The predicted octanol–water partition coefficient (Wildman–Crippen LogP) is 4.02. The van der Waals surface area contributed by atoms with Gasteiger partial charge in [-0.3, -0.25) is 4.79 Å². The third kappa shape index (κ3) is 4.86. The fraction of sp³-hybridized carbons (Fsp3) is 0.450. The number of rotatable bonds is 5. The van der Waals surface area contributed by atoms with Crippen LogP contribution < -0.4 is 15.0 Å². The van der Waals surface area contributed by atoms with E-state index in [2.05, 4.69) is 4.72 Å². The molecular weight excluding hydrogens is 386 g/mol. The summed E-state index contributed by atoms with van der Waals surface area (Å²) < 4.78 is 48.8. The molecule has 1 heterocycles. The van der Waals surface area contributed by atoms with Gasteiger partial charge in [-0.15, -0.1) is 0 Å². The van der Waals surface area contributed by atoms with Crippen molar-refractivity contribution in [3.63, 3.8) is 0 Å². The van der Waals surface area contributed by atoms with Crippen molar-refractivity contribution >= 4 is 17.0 Å². The van der Waals surface area contributed by atoms with Crippen LogP contribution in [0.15, 0.2) is 35.3 Å².